The fourth-order valence-corrected chi connectivity index (χ4v) is 6.30. The number of methoxy groups -OCH3 is 1. The molecule has 2 heterocycles. The van der Waals surface area contributed by atoms with Crippen molar-refractivity contribution >= 4 is 22.8 Å². The summed E-state index contributed by atoms with van der Waals surface area (Å²) in [5, 5.41) is 11.3. The topological polar surface area (TPSA) is 96.7 Å². The van der Waals surface area contributed by atoms with E-state index >= 15 is 0 Å². The number of benzene rings is 3. The van der Waals surface area contributed by atoms with Crippen LogP contribution >= 0.6 is 0 Å². The van der Waals surface area contributed by atoms with Gasteiger partial charge in [-0.05, 0) is 72.6 Å². The molecule has 1 aliphatic rings. The monoisotopic (exact) mass is 614 g/mol. The standard InChI is InChI=1S/C36H43FN4O4/c1-25(21-26-10-12-27(13-11-26)28-14-15-30(31(37)23-28)36(44)38-16-19-42)22-34(43)40-17-5-7-29(24-40)35-39-32-8-3-4-9-33(32)41(35)18-6-20-45-2/h3-4,8-15,23,25,29,42H,5-7,16-22,24H2,1-2H3,(H,38,44)/t25-,29-/m1/s1. The molecule has 9 heteroatoms. The smallest absolute Gasteiger partial charge is 0.254 e. The highest BCUT2D eigenvalue weighted by molar-refractivity contribution is 5.95. The maximum Gasteiger partial charge on any atom is 0.254 e. The Bertz CT molecular complexity index is 1600. The molecule has 0 spiro atoms. The molecule has 238 valence electrons. The molecule has 0 bridgehead atoms. The SMILES string of the molecule is COCCCn1c([C@@H]2CCCN(C(=O)C[C@H](C)Cc3ccc(-c4ccc(C(=O)NCCO)c(F)c4)cc3)C2)nc2ccccc21. The van der Waals surface area contributed by atoms with E-state index in [1.807, 2.05) is 41.3 Å². The molecular weight excluding hydrogens is 571 g/mol. The number of likely N-dealkylation sites (tertiary alicyclic amines) is 1. The van der Waals surface area contributed by atoms with Crippen LogP contribution in [0.1, 0.15) is 60.3 Å². The van der Waals surface area contributed by atoms with Gasteiger partial charge in [-0.15, -0.1) is 0 Å². The minimum atomic E-state index is -0.609. The number of halogens is 1. The molecule has 8 nitrogen and oxygen atoms in total. The number of amides is 2. The normalized spacial score (nSPS) is 15.7. The molecular formula is C36H43FN4O4. The zero-order valence-electron chi connectivity index (χ0n) is 26.2. The van der Waals surface area contributed by atoms with E-state index in [1.165, 1.54) is 12.1 Å². The molecule has 0 unspecified atom stereocenters. The summed E-state index contributed by atoms with van der Waals surface area (Å²) in [6.45, 7) is 4.98. The number of rotatable bonds is 13. The Labute approximate surface area is 264 Å². The lowest BCUT2D eigenvalue weighted by Crippen LogP contribution is -2.40. The summed E-state index contributed by atoms with van der Waals surface area (Å²) < 4.78 is 22.2. The van der Waals surface area contributed by atoms with Crippen molar-refractivity contribution < 1.29 is 23.8 Å². The number of aromatic nitrogens is 2. The lowest BCUT2D eigenvalue weighted by Gasteiger charge is -2.33. The van der Waals surface area contributed by atoms with E-state index in [0.717, 1.165) is 66.8 Å². The lowest BCUT2D eigenvalue weighted by molar-refractivity contribution is -0.133. The third-order valence-electron chi connectivity index (χ3n) is 8.56. The third-order valence-corrected chi connectivity index (χ3v) is 8.56. The van der Waals surface area contributed by atoms with Gasteiger partial charge in [0.15, 0.2) is 0 Å². The van der Waals surface area contributed by atoms with Crippen LogP contribution in [0.15, 0.2) is 66.7 Å². The van der Waals surface area contributed by atoms with Crippen molar-refractivity contribution in [2.45, 2.75) is 51.5 Å². The maximum atomic E-state index is 14.6. The number of carbonyl (C=O) groups is 2. The summed E-state index contributed by atoms with van der Waals surface area (Å²) in [7, 11) is 1.72. The predicted octanol–water partition coefficient (Wildman–Crippen LogP) is 5.58. The molecule has 1 fully saturated rings. The van der Waals surface area contributed by atoms with Gasteiger partial charge in [-0.2, -0.15) is 0 Å². The van der Waals surface area contributed by atoms with Gasteiger partial charge in [-0.1, -0.05) is 49.4 Å². The van der Waals surface area contributed by atoms with Gasteiger partial charge >= 0.3 is 0 Å². The summed E-state index contributed by atoms with van der Waals surface area (Å²) in [4.78, 5) is 32.6. The average molecular weight is 615 g/mol. The van der Waals surface area contributed by atoms with E-state index in [9.17, 15) is 14.0 Å². The zero-order chi connectivity index (χ0) is 31.8. The first kappa shape index (κ1) is 32.3. The number of nitrogens with one attached hydrogen (secondary N) is 1. The number of para-hydroxylation sites is 2. The van der Waals surface area contributed by atoms with Crippen LogP contribution in [0.2, 0.25) is 0 Å². The van der Waals surface area contributed by atoms with Crippen LogP contribution < -0.4 is 5.32 Å². The molecule has 2 N–H and O–H groups in total. The van der Waals surface area contributed by atoms with Crippen molar-refractivity contribution in [1.29, 1.82) is 0 Å². The fourth-order valence-electron chi connectivity index (χ4n) is 6.30. The van der Waals surface area contributed by atoms with Crippen molar-refractivity contribution in [3.05, 3.63) is 89.5 Å². The molecule has 5 rings (SSSR count). The Morgan fingerprint density at radius 1 is 1.11 bits per heavy atom. The van der Waals surface area contributed by atoms with Gasteiger partial charge in [-0.3, -0.25) is 9.59 Å². The molecule has 1 aliphatic heterocycles. The molecule has 0 saturated carbocycles. The number of aryl methyl sites for hydroxylation is 1. The second-order valence-electron chi connectivity index (χ2n) is 12.0. The predicted molar refractivity (Wildman–Crippen MR) is 174 cm³/mol. The van der Waals surface area contributed by atoms with Crippen molar-refractivity contribution in [3.8, 4) is 11.1 Å². The van der Waals surface area contributed by atoms with Gasteiger partial charge in [0.2, 0.25) is 5.91 Å². The van der Waals surface area contributed by atoms with Crippen LogP contribution in [0, 0.1) is 11.7 Å². The number of piperidine rings is 1. The van der Waals surface area contributed by atoms with Gasteiger partial charge in [0, 0.05) is 52.2 Å². The van der Waals surface area contributed by atoms with Gasteiger partial charge in [-0.25, -0.2) is 9.37 Å². The van der Waals surface area contributed by atoms with Gasteiger partial charge in [0.1, 0.15) is 11.6 Å². The first-order chi connectivity index (χ1) is 21.9. The number of imidazole rings is 1. The summed E-state index contributed by atoms with van der Waals surface area (Å²) in [6.07, 6.45) is 4.12. The Kier molecular flexibility index (Phi) is 11.0. The summed E-state index contributed by atoms with van der Waals surface area (Å²) in [5.74, 6) is 0.458. The number of aliphatic hydroxyl groups excluding tert-OH is 1. The van der Waals surface area contributed by atoms with E-state index < -0.39 is 11.7 Å². The van der Waals surface area contributed by atoms with E-state index in [-0.39, 0.29) is 36.5 Å². The van der Waals surface area contributed by atoms with Crippen molar-refractivity contribution in [1.82, 2.24) is 19.8 Å². The Morgan fingerprint density at radius 2 is 1.89 bits per heavy atom. The molecule has 1 saturated heterocycles. The van der Waals surface area contributed by atoms with Gasteiger partial charge in [0.05, 0.1) is 23.2 Å². The third kappa shape index (κ3) is 7.96. The zero-order valence-corrected chi connectivity index (χ0v) is 26.2. The average Bonchev–Trinajstić information content (AvgIpc) is 3.42. The second kappa shape index (κ2) is 15.3. The highest BCUT2D eigenvalue weighted by Gasteiger charge is 2.29. The molecule has 1 aromatic heterocycles. The highest BCUT2D eigenvalue weighted by atomic mass is 19.1. The Morgan fingerprint density at radius 3 is 2.64 bits per heavy atom. The van der Waals surface area contributed by atoms with Gasteiger partial charge < -0.3 is 24.6 Å². The van der Waals surface area contributed by atoms with Crippen LogP contribution in [-0.2, 0) is 22.5 Å². The molecule has 2 amide bonds. The van der Waals surface area contributed by atoms with E-state index in [0.29, 0.717) is 25.1 Å². The number of hydrogen-bond donors (Lipinski definition) is 2. The highest BCUT2D eigenvalue weighted by Crippen LogP contribution is 2.31. The second-order valence-corrected chi connectivity index (χ2v) is 12.0. The Balaban J connectivity index is 1.18. The molecule has 45 heavy (non-hydrogen) atoms. The molecule has 4 aromatic rings. The van der Waals surface area contributed by atoms with Crippen molar-refractivity contribution in [2.75, 3.05) is 40.0 Å². The van der Waals surface area contributed by atoms with Crippen molar-refractivity contribution in [3.63, 3.8) is 0 Å². The van der Waals surface area contributed by atoms with Crippen LogP contribution in [-0.4, -0.2) is 71.3 Å². The van der Waals surface area contributed by atoms with Crippen LogP contribution in [0.3, 0.4) is 0 Å². The summed E-state index contributed by atoms with van der Waals surface area (Å²) in [5.41, 5.74) is 4.71. The minimum Gasteiger partial charge on any atom is -0.395 e. The number of ether oxygens (including phenoxy) is 1. The number of fused-ring (bicyclic) bond motifs is 1. The van der Waals surface area contributed by atoms with E-state index in [4.69, 9.17) is 14.8 Å². The number of carbonyl (C=O) groups excluding carboxylic acids is 2. The number of aliphatic hydroxyl groups is 1. The molecule has 0 radical (unpaired) electrons. The molecule has 2 atom stereocenters. The van der Waals surface area contributed by atoms with E-state index in [1.54, 1.807) is 13.2 Å². The van der Waals surface area contributed by atoms with Crippen LogP contribution in [0.5, 0.6) is 0 Å². The van der Waals surface area contributed by atoms with Crippen LogP contribution in [0.4, 0.5) is 4.39 Å². The number of hydrogen-bond acceptors (Lipinski definition) is 5. The minimum absolute atomic E-state index is 0.0527. The Hall–Kier alpha value is -4.08. The summed E-state index contributed by atoms with van der Waals surface area (Å²) >= 11 is 0. The van der Waals surface area contributed by atoms with E-state index in [2.05, 4.69) is 28.9 Å². The van der Waals surface area contributed by atoms with Crippen molar-refractivity contribution in [2.24, 2.45) is 5.92 Å². The largest absolute Gasteiger partial charge is 0.395 e. The first-order valence-electron chi connectivity index (χ1n) is 15.9. The first-order valence-corrected chi connectivity index (χ1v) is 15.9. The fraction of sp³-hybridized carbons (Fsp3) is 0.417. The maximum absolute atomic E-state index is 14.6. The number of nitrogens with zero attached hydrogens (tertiary/aromatic N) is 3. The quantitative estimate of drug-likeness (QED) is 0.192. The molecule has 0 aliphatic carbocycles. The van der Waals surface area contributed by atoms with Crippen LogP contribution in [0.25, 0.3) is 22.2 Å². The molecule has 3 aromatic carbocycles. The lowest BCUT2D eigenvalue weighted by atomic mass is 9.93. The summed E-state index contributed by atoms with van der Waals surface area (Å²) in [6, 6.07) is 20.7. The van der Waals surface area contributed by atoms with Gasteiger partial charge in [0.25, 0.3) is 5.91 Å².